The molecule has 0 bridgehead atoms. The van der Waals surface area contributed by atoms with E-state index in [1.165, 1.54) is 6.07 Å². The van der Waals surface area contributed by atoms with Crippen LogP contribution >= 0.6 is 0 Å². The number of pyridine rings is 1. The number of aryl methyl sites for hydroxylation is 1. The molecular formula is C26H24N4O4. The highest BCUT2D eigenvalue weighted by Crippen LogP contribution is 2.49. The molecule has 2 aliphatic rings. The van der Waals surface area contributed by atoms with E-state index in [9.17, 15) is 20.2 Å². The molecule has 0 unspecified atom stereocenters. The number of nitrogens with zero attached hydrogens (tertiary/aromatic N) is 4. The van der Waals surface area contributed by atoms with E-state index in [-0.39, 0.29) is 24.8 Å². The van der Waals surface area contributed by atoms with Gasteiger partial charge in [-0.15, -0.1) is 0 Å². The number of rotatable bonds is 4. The number of aromatic nitrogens is 1. The first kappa shape index (κ1) is 21.8. The normalized spacial score (nSPS) is 21.0. The van der Waals surface area contributed by atoms with Crippen LogP contribution in [-0.4, -0.2) is 35.1 Å². The van der Waals surface area contributed by atoms with E-state index < -0.39 is 16.3 Å². The highest BCUT2D eigenvalue weighted by Gasteiger charge is 2.53. The third-order valence-electron chi connectivity index (χ3n) is 7.13. The molecule has 2 atom stereocenters. The Balaban J connectivity index is 1.81. The summed E-state index contributed by atoms with van der Waals surface area (Å²) < 4.78 is 5.42. The van der Waals surface area contributed by atoms with Gasteiger partial charge in [0.2, 0.25) is 0 Å². The summed E-state index contributed by atoms with van der Waals surface area (Å²) in [5.41, 5.74) is 2.61. The Kier molecular flexibility index (Phi) is 5.20. The number of anilines is 1. The number of nitro groups is 1. The van der Waals surface area contributed by atoms with Crippen LogP contribution in [0, 0.1) is 28.4 Å². The second kappa shape index (κ2) is 8.10. The minimum absolute atomic E-state index is 0.0171. The van der Waals surface area contributed by atoms with Crippen LogP contribution < -0.4 is 4.90 Å². The van der Waals surface area contributed by atoms with E-state index in [1.807, 2.05) is 31.2 Å². The molecule has 0 aliphatic carbocycles. The quantitative estimate of drug-likeness (QED) is 0.320. The lowest BCUT2D eigenvalue weighted by Gasteiger charge is -2.45. The number of para-hydroxylation sites is 1. The summed E-state index contributed by atoms with van der Waals surface area (Å²) in [5.74, 6) is -0.503. The average molecular weight is 457 g/mol. The van der Waals surface area contributed by atoms with E-state index in [0.29, 0.717) is 16.8 Å². The lowest BCUT2D eigenvalue weighted by Crippen LogP contribution is -2.53. The summed E-state index contributed by atoms with van der Waals surface area (Å²) in [6, 6.07) is 14.7. The van der Waals surface area contributed by atoms with Gasteiger partial charge in [-0.25, -0.2) is 4.79 Å². The van der Waals surface area contributed by atoms with Gasteiger partial charge in [-0.3, -0.25) is 15.1 Å². The van der Waals surface area contributed by atoms with Crippen LogP contribution in [0.2, 0.25) is 0 Å². The highest BCUT2D eigenvalue weighted by atomic mass is 16.6. The predicted molar refractivity (Wildman–Crippen MR) is 127 cm³/mol. The Morgan fingerprint density at radius 3 is 2.88 bits per heavy atom. The SMILES string of the molecule is CCOC(=O)c1c([C@]2(C#N)Cc3cc([N+](=O)[O-])ccc3N3CCC[C@H]32)nc2ccccc2c1C. The number of benzene rings is 2. The fourth-order valence-electron chi connectivity index (χ4n) is 5.65. The summed E-state index contributed by atoms with van der Waals surface area (Å²) in [5, 5.41) is 23.0. The summed E-state index contributed by atoms with van der Waals surface area (Å²) in [7, 11) is 0. The van der Waals surface area contributed by atoms with Crippen LogP contribution in [0.4, 0.5) is 11.4 Å². The number of fused-ring (bicyclic) bond motifs is 4. The van der Waals surface area contributed by atoms with Crippen molar-refractivity contribution in [3.05, 3.63) is 75.0 Å². The van der Waals surface area contributed by atoms with Crippen molar-refractivity contribution in [3.63, 3.8) is 0 Å². The van der Waals surface area contributed by atoms with Gasteiger partial charge < -0.3 is 9.64 Å². The monoisotopic (exact) mass is 456 g/mol. The van der Waals surface area contributed by atoms with Gasteiger partial charge in [-0.1, -0.05) is 18.2 Å². The number of nitro benzene ring substituents is 1. The smallest absolute Gasteiger partial charge is 0.340 e. The van der Waals surface area contributed by atoms with Gasteiger partial charge >= 0.3 is 5.97 Å². The molecule has 3 aromatic rings. The van der Waals surface area contributed by atoms with Crippen molar-refractivity contribution in [2.75, 3.05) is 18.1 Å². The molecule has 172 valence electrons. The van der Waals surface area contributed by atoms with Crippen LogP contribution in [0.15, 0.2) is 42.5 Å². The molecule has 3 heterocycles. The maximum Gasteiger partial charge on any atom is 0.340 e. The first-order valence-electron chi connectivity index (χ1n) is 11.4. The van der Waals surface area contributed by atoms with Crippen LogP contribution in [0.3, 0.4) is 0 Å². The van der Waals surface area contributed by atoms with Crippen molar-refractivity contribution in [3.8, 4) is 6.07 Å². The van der Waals surface area contributed by atoms with Crippen LogP contribution in [0.25, 0.3) is 10.9 Å². The molecule has 1 aromatic heterocycles. The molecule has 2 aliphatic heterocycles. The number of ether oxygens (including phenoxy) is 1. The number of non-ortho nitro benzene ring substituents is 1. The van der Waals surface area contributed by atoms with E-state index in [2.05, 4.69) is 11.0 Å². The number of carbonyl (C=O) groups is 1. The number of nitriles is 1. The van der Waals surface area contributed by atoms with E-state index in [4.69, 9.17) is 9.72 Å². The Morgan fingerprint density at radius 2 is 2.15 bits per heavy atom. The van der Waals surface area contributed by atoms with Crippen LogP contribution in [0.5, 0.6) is 0 Å². The largest absolute Gasteiger partial charge is 0.462 e. The second-order valence-corrected chi connectivity index (χ2v) is 8.88. The topological polar surface area (TPSA) is 109 Å². The first-order valence-corrected chi connectivity index (χ1v) is 11.4. The minimum Gasteiger partial charge on any atom is -0.462 e. The van der Waals surface area contributed by atoms with Crippen LogP contribution in [0.1, 0.15) is 46.9 Å². The number of carbonyl (C=O) groups excluding carboxylic acids is 1. The second-order valence-electron chi connectivity index (χ2n) is 8.88. The Bertz CT molecular complexity index is 1380. The maximum absolute atomic E-state index is 13.2. The van der Waals surface area contributed by atoms with Crippen molar-refractivity contribution >= 4 is 28.2 Å². The Morgan fingerprint density at radius 1 is 1.35 bits per heavy atom. The molecule has 0 radical (unpaired) electrons. The molecule has 5 rings (SSSR count). The van der Waals surface area contributed by atoms with Crippen molar-refractivity contribution in [2.24, 2.45) is 0 Å². The molecular weight excluding hydrogens is 432 g/mol. The van der Waals surface area contributed by atoms with Crippen molar-refractivity contribution < 1.29 is 14.5 Å². The minimum atomic E-state index is -1.16. The van der Waals surface area contributed by atoms with Gasteiger partial charge in [0.15, 0.2) is 0 Å². The van der Waals surface area contributed by atoms with Gasteiger partial charge in [0, 0.05) is 36.2 Å². The summed E-state index contributed by atoms with van der Waals surface area (Å²) in [4.78, 5) is 31.4. The molecule has 0 spiro atoms. The van der Waals surface area contributed by atoms with Gasteiger partial charge in [0.1, 0.15) is 5.41 Å². The fourth-order valence-corrected chi connectivity index (χ4v) is 5.65. The lowest BCUT2D eigenvalue weighted by atomic mass is 9.68. The molecule has 0 N–H and O–H groups in total. The third-order valence-corrected chi connectivity index (χ3v) is 7.13. The molecule has 8 heteroatoms. The summed E-state index contributed by atoms with van der Waals surface area (Å²) >= 11 is 0. The number of hydrogen-bond acceptors (Lipinski definition) is 7. The molecule has 1 fully saturated rings. The lowest BCUT2D eigenvalue weighted by molar-refractivity contribution is -0.384. The molecule has 1 saturated heterocycles. The molecule has 34 heavy (non-hydrogen) atoms. The fraction of sp³-hybridized carbons (Fsp3) is 0.346. The van der Waals surface area contributed by atoms with Crippen molar-refractivity contribution in [1.82, 2.24) is 4.98 Å². The van der Waals surface area contributed by atoms with Gasteiger partial charge in [0.05, 0.1) is 40.4 Å². The van der Waals surface area contributed by atoms with E-state index >= 15 is 0 Å². The maximum atomic E-state index is 13.2. The van der Waals surface area contributed by atoms with Gasteiger partial charge in [-0.05, 0) is 49.9 Å². The Labute approximate surface area is 196 Å². The molecule has 0 amide bonds. The predicted octanol–water partition coefficient (Wildman–Crippen LogP) is 4.61. The van der Waals surface area contributed by atoms with Crippen molar-refractivity contribution in [1.29, 1.82) is 5.26 Å². The summed E-state index contributed by atoms with van der Waals surface area (Å²) in [6.07, 6.45) is 1.88. The van der Waals surface area contributed by atoms with Crippen molar-refractivity contribution in [2.45, 2.75) is 44.6 Å². The first-order chi connectivity index (χ1) is 16.4. The molecule has 8 nitrogen and oxygen atoms in total. The van der Waals surface area contributed by atoms with Crippen LogP contribution in [-0.2, 0) is 16.6 Å². The zero-order valence-electron chi connectivity index (χ0n) is 19.1. The third kappa shape index (κ3) is 3.11. The number of esters is 1. The van der Waals surface area contributed by atoms with Gasteiger partial charge in [-0.2, -0.15) is 5.26 Å². The highest BCUT2D eigenvalue weighted by molar-refractivity contribution is 5.99. The summed E-state index contributed by atoms with van der Waals surface area (Å²) in [6.45, 7) is 4.55. The standard InChI is InChI=1S/C26H24N4O4/c1-3-34-25(31)23-16(2)19-7-4-5-8-20(19)28-24(23)26(15-27)14-17-13-18(30(32)33)10-11-21(17)29-12-6-9-22(26)29/h4-5,7-8,10-11,13,22H,3,6,9,12,14H2,1-2H3/t22-,26-/m0/s1. The van der Waals surface area contributed by atoms with E-state index in [1.54, 1.807) is 19.1 Å². The molecule has 2 aromatic carbocycles. The van der Waals surface area contributed by atoms with E-state index in [0.717, 1.165) is 41.6 Å². The zero-order valence-corrected chi connectivity index (χ0v) is 19.1. The Hall–Kier alpha value is -3.99. The molecule has 0 saturated carbocycles. The average Bonchev–Trinajstić information content (AvgIpc) is 3.34. The number of hydrogen-bond donors (Lipinski definition) is 0. The zero-order chi connectivity index (χ0) is 24.0. The van der Waals surface area contributed by atoms with Gasteiger partial charge in [0.25, 0.3) is 5.69 Å².